The Morgan fingerprint density at radius 2 is 1.01 bits per heavy atom. The Hall–Kier alpha value is -8.59. The minimum atomic E-state index is -0.357. The van der Waals surface area contributed by atoms with E-state index < -0.39 is 0 Å². The van der Waals surface area contributed by atoms with Gasteiger partial charge in [0.2, 0.25) is 0 Å². The van der Waals surface area contributed by atoms with Gasteiger partial charge in [0.15, 0.2) is 0 Å². The van der Waals surface area contributed by atoms with E-state index >= 15 is 0 Å². The van der Waals surface area contributed by atoms with Gasteiger partial charge in [0.05, 0.1) is 16.8 Å². The van der Waals surface area contributed by atoms with Crippen LogP contribution in [-0.2, 0) is 11.8 Å². The molecule has 15 rings (SSSR count). The van der Waals surface area contributed by atoms with E-state index in [2.05, 4.69) is 239 Å². The van der Waals surface area contributed by atoms with Gasteiger partial charge in [0.25, 0.3) is 0 Å². The molecule has 0 saturated carbocycles. The fraction of sp³-hybridized carbons (Fsp3) is 0.100. The predicted molar refractivity (Wildman–Crippen MR) is 298 cm³/mol. The first-order valence-electron chi connectivity index (χ1n) is 25.5. The van der Waals surface area contributed by atoms with E-state index in [1.807, 2.05) is 0 Å². The maximum absolute atomic E-state index is 6.50. The number of aliphatic imine (C=N–C) groups is 1. The highest BCUT2D eigenvalue weighted by Gasteiger charge is 2.51. The van der Waals surface area contributed by atoms with Gasteiger partial charge >= 0.3 is 0 Å². The number of allylic oxidation sites excluding steroid dienone is 1. The number of para-hydroxylation sites is 1. The standard InChI is InChI=1S/C70H49NO/c1-41-17-4-5-20-48(41)66-42(2)18-14-27-55(66)69-43(3)56(40-63(71-69)53-26-16-32-65-68(53)54-24-9-13-31-64(54)72-65)52-25-15-19-47-37-46-34-33-44(38-57(46)67(47)52)45-35-36-62-58(39-45)51-23-8-12-30-61(51)70(62)59-28-10-6-21-49(59)50-22-7-11-29-60(50)70/h4-36,38-40,43,56H,37H2,1-3H3. The number of nitrogens with zero attached hydrogens (tertiary/aromatic N) is 1. The molecule has 0 radical (unpaired) electrons. The van der Waals surface area contributed by atoms with Crippen LogP contribution >= 0.6 is 0 Å². The van der Waals surface area contributed by atoms with E-state index in [9.17, 15) is 0 Å². The number of rotatable bonds is 5. The van der Waals surface area contributed by atoms with Crippen LogP contribution in [0.3, 0.4) is 0 Å². The third-order valence-electron chi connectivity index (χ3n) is 16.8. The molecule has 3 aliphatic carbocycles. The average molecular weight is 920 g/mol. The maximum Gasteiger partial charge on any atom is 0.136 e. The van der Waals surface area contributed by atoms with Crippen molar-refractivity contribution in [3.63, 3.8) is 0 Å². The Labute approximate surface area is 420 Å². The molecule has 0 fully saturated rings. The molecule has 0 N–H and O–H groups in total. The van der Waals surface area contributed by atoms with E-state index in [-0.39, 0.29) is 17.3 Å². The van der Waals surface area contributed by atoms with Crippen LogP contribution in [0.2, 0.25) is 0 Å². The Bertz CT molecular complexity index is 4150. The zero-order valence-electron chi connectivity index (χ0n) is 40.5. The molecule has 1 aromatic heterocycles. The summed E-state index contributed by atoms with van der Waals surface area (Å²) in [4.78, 5) is 5.80. The minimum absolute atomic E-state index is 0.0283. The van der Waals surface area contributed by atoms with Crippen molar-refractivity contribution in [1.82, 2.24) is 0 Å². The topological polar surface area (TPSA) is 25.5 Å². The zero-order valence-corrected chi connectivity index (χ0v) is 40.5. The second kappa shape index (κ2) is 15.5. The number of benzene rings is 10. The Kier molecular flexibility index (Phi) is 8.85. The molecule has 0 bridgehead atoms. The first kappa shape index (κ1) is 41.2. The zero-order chi connectivity index (χ0) is 47.8. The van der Waals surface area contributed by atoms with E-state index in [1.54, 1.807) is 0 Å². The molecule has 0 amide bonds. The van der Waals surface area contributed by atoms with Crippen LogP contribution in [0.1, 0.15) is 74.0 Å². The van der Waals surface area contributed by atoms with Crippen molar-refractivity contribution in [2.75, 3.05) is 0 Å². The summed E-state index contributed by atoms with van der Waals surface area (Å²) in [6.07, 6.45) is 3.38. The lowest BCUT2D eigenvalue weighted by Crippen LogP contribution is -2.25. The second-order valence-electron chi connectivity index (χ2n) is 20.5. The molecule has 10 aromatic carbocycles. The summed E-state index contributed by atoms with van der Waals surface area (Å²) in [5.74, 6) is 0.0906. The van der Waals surface area contributed by atoms with Crippen LogP contribution in [0.15, 0.2) is 228 Å². The molecule has 0 saturated heterocycles. The SMILES string of the molecule is Cc1ccccc1-c1c(C)cccc1C1=NC(c2cccc3oc4ccccc4c23)=CC(c2cccc3c2-c2cc(-c4ccc5c(c4)-c4ccccc4C54c5ccccc5-c5ccccc54)ccc2C3)C1C. The molecule has 2 atom stereocenters. The first-order valence-corrected chi connectivity index (χ1v) is 25.5. The lowest BCUT2D eigenvalue weighted by atomic mass is 9.70. The molecule has 1 aliphatic heterocycles. The van der Waals surface area contributed by atoms with Crippen LogP contribution in [0.25, 0.3) is 83.3 Å². The van der Waals surface area contributed by atoms with Crippen molar-refractivity contribution < 1.29 is 4.42 Å². The van der Waals surface area contributed by atoms with Gasteiger partial charge in [-0.3, -0.25) is 4.99 Å². The highest BCUT2D eigenvalue weighted by atomic mass is 16.3. The highest BCUT2D eigenvalue weighted by Crippen LogP contribution is 2.63. The molecule has 2 unspecified atom stereocenters. The summed E-state index contributed by atoms with van der Waals surface area (Å²) in [5, 5.41) is 2.22. The normalized spacial score (nSPS) is 16.5. The van der Waals surface area contributed by atoms with Gasteiger partial charge in [-0.05, 0) is 156 Å². The molecular formula is C70H49NO. The first-order chi connectivity index (χ1) is 35.5. The van der Waals surface area contributed by atoms with Crippen molar-refractivity contribution in [2.45, 2.75) is 38.5 Å². The van der Waals surface area contributed by atoms with Crippen LogP contribution in [0, 0.1) is 19.8 Å². The Morgan fingerprint density at radius 1 is 0.444 bits per heavy atom. The van der Waals surface area contributed by atoms with E-state index in [0.29, 0.717) is 0 Å². The monoisotopic (exact) mass is 919 g/mol. The van der Waals surface area contributed by atoms with Gasteiger partial charge in [0, 0.05) is 33.7 Å². The molecule has 72 heavy (non-hydrogen) atoms. The van der Waals surface area contributed by atoms with Gasteiger partial charge in [-0.15, -0.1) is 0 Å². The number of hydrogen-bond donors (Lipinski definition) is 0. The van der Waals surface area contributed by atoms with Gasteiger partial charge in [-0.25, -0.2) is 0 Å². The summed E-state index contributed by atoms with van der Waals surface area (Å²) in [5.41, 5.74) is 30.9. The predicted octanol–water partition coefficient (Wildman–Crippen LogP) is 17.7. The third-order valence-corrected chi connectivity index (χ3v) is 16.8. The molecule has 340 valence electrons. The third kappa shape index (κ3) is 5.69. The molecule has 11 aromatic rings. The number of hydrogen-bond acceptors (Lipinski definition) is 2. The van der Waals surface area contributed by atoms with Crippen LogP contribution in [0.5, 0.6) is 0 Å². The quantitative estimate of drug-likeness (QED) is 0.169. The summed E-state index contributed by atoms with van der Waals surface area (Å²) < 4.78 is 6.50. The van der Waals surface area contributed by atoms with Crippen molar-refractivity contribution in [3.05, 3.63) is 280 Å². The maximum atomic E-state index is 6.50. The molecule has 2 heteroatoms. The van der Waals surface area contributed by atoms with Crippen LogP contribution < -0.4 is 0 Å². The fourth-order valence-corrected chi connectivity index (χ4v) is 13.6. The smallest absolute Gasteiger partial charge is 0.136 e. The number of aryl methyl sites for hydroxylation is 2. The van der Waals surface area contributed by atoms with Crippen LogP contribution in [-0.4, -0.2) is 5.71 Å². The lowest BCUT2D eigenvalue weighted by Gasteiger charge is -2.31. The average Bonchev–Trinajstić information content (AvgIpc) is 4.16. The van der Waals surface area contributed by atoms with Gasteiger partial charge in [0.1, 0.15) is 11.2 Å². The van der Waals surface area contributed by atoms with E-state index in [4.69, 9.17) is 9.41 Å². The van der Waals surface area contributed by atoms with E-state index in [1.165, 1.54) is 111 Å². The summed E-state index contributed by atoms with van der Waals surface area (Å²) in [7, 11) is 0. The van der Waals surface area contributed by atoms with Crippen molar-refractivity contribution >= 4 is 33.3 Å². The molecule has 2 nitrogen and oxygen atoms in total. The van der Waals surface area contributed by atoms with E-state index in [0.717, 1.165) is 45.3 Å². The van der Waals surface area contributed by atoms with Crippen molar-refractivity contribution in [3.8, 4) is 55.6 Å². The van der Waals surface area contributed by atoms with Crippen molar-refractivity contribution in [1.29, 1.82) is 0 Å². The van der Waals surface area contributed by atoms with Gasteiger partial charge in [-0.1, -0.05) is 195 Å². The second-order valence-corrected chi connectivity index (χ2v) is 20.5. The lowest BCUT2D eigenvalue weighted by molar-refractivity contribution is 0.668. The summed E-state index contributed by atoms with van der Waals surface area (Å²) in [6, 6.07) is 79.2. The largest absolute Gasteiger partial charge is 0.456 e. The van der Waals surface area contributed by atoms with Gasteiger partial charge < -0.3 is 4.42 Å². The highest BCUT2D eigenvalue weighted by molar-refractivity contribution is 6.15. The van der Waals surface area contributed by atoms with Crippen molar-refractivity contribution in [2.24, 2.45) is 10.9 Å². The molecule has 1 spiro atoms. The summed E-state index contributed by atoms with van der Waals surface area (Å²) in [6.45, 7) is 6.87. The molecule has 2 heterocycles. The van der Waals surface area contributed by atoms with Gasteiger partial charge in [-0.2, -0.15) is 0 Å². The number of fused-ring (bicyclic) bond motifs is 16. The Balaban J connectivity index is 0.898. The molecular weight excluding hydrogens is 871 g/mol. The minimum Gasteiger partial charge on any atom is -0.456 e. The fourth-order valence-electron chi connectivity index (χ4n) is 13.6. The summed E-state index contributed by atoms with van der Waals surface area (Å²) >= 11 is 0. The number of furan rings is 1. The van der Waals surface area contributed by atoms with Crippen LogP contribution in [0.4, 0.5) is 0 Å². The molecule has 4 aliphatic rings. The Morgan fingerprint density at radius 3 is 1.78 bits per heavy atom.